The van der Waals surface area contributed by atoms with E-state index in [9.17, 15) is 9.90 Å². The van der Waals surface area contributed by atoms with Gasteiger partial charge in [0.15, 0.2) is 6.73 Å². The second kappa shape index (κ2) is 11.1. The number of unbranched alkanes of at least 4 members (excludes halogenated alkanes) is 2. The van der Waals surface area contributed by atoms with E-state index in [0.29, 0.717) is 5.75 Å². The van der Waals surface area contributed by atoms with E-state index < -0.39 is 12.5 Å². The monoisotopic (exact) mass is 401 g/mol. The van der Waals surface area contributed by atoms with Gasteiger partial charge in [0.05, 0.1) is 0 Å². The number of phenols is 1. The second-order valence-electron chi connectivity index (χ2n) is 8.06. The van der Waals surface area contributed by atoms with Gasteiger partial charge < -0.3 is 20.3 Å². The summed E-state index contributed by atoms with van der Waals surface area (Å²) in [4.78, 5) is 11.4. The number of aliphatic hydroxyl groups excluding tert-OH is 1. The number of rotatable bonds is 10. The summed E-state index contributed by atoms with van der Waals surface area (Å²) in [5.41, 5.74) is 4.14. The van der Waals surface area contributed by atoms with Crippen molar-refractivity contribution in [2.45, 2.75) is 65.2 Å². The highest BCUT2D eigenvalue weighted by Crippen LogP contribution is 2.46. The first-order chi connectivity index (χ1) is 13.9. The number of carbonyl (C=O) groups excluding carboxylic acids is 1. The third-order valence-electron chi connectivity index (χ3n) is 5.60. The molecule has 0 saturated heterocycles. The largest absolute Gasteiger partial charge is 0.507 e. The molecule has 0 aromatic heterocycles. The van der Waals surface area contributed by atoms with Crippen LogP contribution in [0.15, 0.2) is 35.9 Å². The van der Waals surface area contributed by atoms with E-state index in [1.165, 1.54) is 5.57 Å². The van der Waals surface area contributed by atoms with Crippen LogP contribution in [0.3, 0.4) is 0 Å². The van der Waals surface area contributed by atoms with Crippen LogP contribution in [-0.4, -0.2) is 29.5 Å². The lowest BCUT2D eigenvalue weighted by molar-refractivity contribution is -0.124. The van der Waals surface area contributed by atoms with Crippen LogP contribution in [0.1, 0.15) is 69.9 Å². The van der Waals surface area contributed by atoms with Gasteiger partial charge in [-0.15, -0.1) is 0 Å². The third-order valence-corrected chi connectivity index (χ3v) is 5.60. The van der Waals surface area contributed by atoms with Gasteiger partial charge in [0.25, 0.3) is 0 Å². The predicted molar refractivity (Wildman–Crippen MR) is 116 cm³/mol. The Hall–Kier alpha value is -2.27. The molecule has 2 atom stereocenters. The van der Waals surface area contributed by atoms with Crippen molar-refractivity contribution in [1.29, 1.82) is 0 Å². The minimum atomic E-state index is -0.583. The number of benzene rings is 1. The Kier molecular flexibility index (Phi) is 8.77. The topological polar surface area (TPSA) is 78.8 Å². The summed E-state index contributed by atoms with van der Waals surface area (Å²) in [6.07, 6.45) is 8.39. The molecule has 0 bridgehead atoms. The first-order valence-corrected chi connectivity index (χ1v) is 10.6. The van der Waals surface area contributed by atoms with E-state index in [0.717, 1.165) is 55.2 Å². The maximum Gasteiger partial charge on any atom is 0.248 e. The fourth-order valence-corrected chi connectivity index (χ4v) is 4.00. The number of aryl methyl sites for hydroxylation is 1. The van der Waals surface area contributed by atoms with Crippen LogP contribution in [0.4, 0.5) is 0 Å². The van der Waals surface area contributed by atoms with Crippen LogP contribution >= 0.6 is 0 Å². The van der Waals surface area contributed by atoms with E-state index in [-0.39, 0.29) is 24.3 Å². The van der Waals surface area contributed by atoms with Crippen molar-refractivity contribution in [3.05, 3.63) is 47.1 Å². The molecular formula is C24H35NO4. The summed E-state index contributed by atoms with van der Waals surface area (Å²) in [6.45, 7) is 9.83. The Morgan fingerprint density at radius 3 is 2.76 bits per heavy atom. The molecule has 0 fully saturated rings. The van der Waals surface area contributed by atoms with Crippen LogP contribution in [0.25, 0.3) is 0 Å². The molecule has 1 aliphatic rings. The summed E-state index contributed by atoms with van der Waals surface area (Å²) in [6, 6.07) is 3.82. The number of phenolic OH excluding ortho intramolecular Hbond substituents is 1. The van der Waals surface area contributed by atoms with Crippen molar-refractivity contribution in [3.63, 3.8) is 0 Å². The standard InChI is InChI=1S/C24H35NO4/c1-5-6-7-8-18-12-21(27)24(22(13-18)29-15-25-23(28)14-26)20-11-17(4)9-10-19(20)16(2)3/h11-13,19-20,26-27H,2,5-10,14-15H2,1,3-4H3,(H,25,28)/t19-,20+/m0/s1. The number of aliphatic hydroxyl groups is 1. The molecule has 1 aliphatic carbocycles. The molecule has 0 aliphatic heterocycles. The van der Waals surface area contributed by atoms with Crippen LogP contribution in [0, 0.1) is 5.92 Å². The molecular weight excluding hydrogens is 366 g/mol. The highest BCUT2D eigenvalue weighted by molar-refractivity contribution is 5.76. The van der Waals surface area contributed by atoms with Crippen molar-refractivity contribution in [2.75, 3.05) is 13.3 Å². The normalized spacial score (nSPS) is 18.8. The molecule has 1 aromatic carbocycles. The van der Waals surface area contributed by atoms with Crippen LogP contribution in [0.5, 0.6) is 11.5 Å². The molecule has 29 heavy (non-hydrogen) atoms. The van der Waals surface area contributed by atoms with Gasteiger partial charge in [0.2, 0.25) is 5.91 Å². The molecule has 160 valence electrons. The Morgan fingerprint density at radius 1 is 1.34 bits per heavy atom. The number of hydrogen-bond donors (Lipinski definition) is 3. The summed E-state index contributed by atoms with van der Waals surface area (Å²) in [5, 5.41) is 22.4. The molecule has 3 N–H and O–H groups in total. The molecule has 0 radical (unpaired) electrons. The smallest absolute Gasteiger partial charge is 0.248 e. The van der Waals surface area contributed by atoms with E-state index in [2.05, 4.69) is 31.8 Å². The van der Waals surface area contributed by atoms with Crippen molar-refractivity contribution < 1.29 is 19.7 Å². The Morgan fingerprint density at radius 2 is 2.10 bits per heavy atom. The fraction of sp³-hybridized carbons (Fsp3) is 0.542. The zero-order valence-corrected chi connectivity index (χ0v) is 18.0. The maximum atomic E-state index is 11.4. The average Bonchev–Trinajstić information content (AvgIpc) is 2.67. The molecule has 2 rings (SSSR count). The molecule has 0 saturated carbocycles. The lowest BCUT2D eigenvalue weighted by atomic mass is 9.73. The third kappa shape index (κ3) is 6.36. The first kappa shape index (κ1) is 23.0. The van der Waals surface area contributed by atoms with Crippen LogP contribution in [-0.2, 0) is 11.2 Å². The fourth-order valence-electron chi connectivity index (χ4n) is 4.00. The van der Waals surface area contributed by atoms with E-state index >= 15 is 0 Å². The number of amides is 1. The van der Waals surface area contributed by atoms with Crippen LogP contribution < -0.4 is 10.1 Å². The van der Waals surface area contributed by atoms with E-state index in [4.69, 9.17) is 9.84 Å². The highest BCUT2D eigenvalue weighted by atomic mass is 16.5. The number of carbonyl (C=O) groups is 1. The Labute approximate surface area is 174 Å². The minimum absolute atomic E-state index is 0.0190. The van der Waals surface area contributed by atoms with E-state index in [1.807, 2.05) is 19.1 Å². The average molecular weight is 402 g/mol. The van der Waals surface area contributed by atoms with Gasteiger partial charge in [-0.05, 0) is 63.1 Å². The first-order valence-electron chi connectivity index (χ1n) is 10.6. The van der Waals surface area contributed by atoms with Gasteiger partial charge in [0.1, 0.15) is 18.1 Å². The van der Waals surface area contributed by atoms with Gasteiger partial charge in [0, 0.05) is 11.5 Å². The lowest BCUT2D eigenvalue weighted by Crippen LogP contribution is -2.30. The zero-order chi connectivity index (χ0) is 21.4. The van der Waals surface area contributed by atoms with Gasteiger partial charge in [-0.2, -0.15) is 0 Å². The number of aromatic hydroxyl groups is 1. The number of nitrogens with one attached hydrogen (secondary N) is 1. The lowest BCUT2D eigenvalue weighted by Gasteiger charge is -2.32. The van der Waals surface area contributed by atoms with Crippen molar-refractivity contribution in [1.82, 2.24) is 5.32 Å². The summed E-state index contributed by atoms with van der Waals surface area (Å²) < 4.78 is 5.89. The summed E-state index contributed by atoms with van der Waals surface area (Å²) in [5.74, 6) is 0.518. The Balaban J connectivity index is 2.40. The zero-order valence-electron chi connectivity index (χ0n) is 18.0. The quantitative estimate of drug-likeness (QED) is 0.304. The number of ether oxygens (including phenoxy) is 1. The van der Waals surface area contributed by atoms with Gasteiger partial charge in [-0.3, -0.25) is 4.79 Å². The predicted octanol–water partition coefficient (Wildman–Crippen LogP) is 4.59. The molecule has 5 heteroatoms. The highest BCUT2D eigenvalue weighted by Gasteiger charge is 2.30. The maximum absolute atomic E-state index is 11.4. The molecule has 5 nitrogen and oxygen atoms in total. The number of hydrogen-bond acceptors (Lipinski definition) is 4. The number of allylic oxidation sites excluding steroid dienone is 3. The molecule has 0 unspecified atom stereocenters. The SMILES string of the molecule is C=C(C)[C@@H]1CCC(C)=C[C@H]1c1c(O)cc(CCCCC)cc1OCNC(=O)CO. The summed E-state index contributed by atoms with van der Waals surface area (Å²) in [7, 11) is 0. The van der Waals surface area contributed by atoms with Gasteiger partial charge in [-0.25, -0.2) is 0 Å². The molecule has 0 spiro atoms. The molecule has 1 aromatic rings. The molecule has 1 amide bonds. The van der Waals surface area contributed by atoms with Gasteiger partial charge >= 0.3 is 0 Å². The van der Waals surface area contributed by atoms with Crippen molar-refractivity contribution in [2.24, 2.45) is 5.92 Å². The Bertz CT molecular complexity index is 753. The molecule has 0 heterocycles. The van der Waals surface area contributed by atoms with Crippen molar-refractivity contribution in [3.8, 4) is 11.5 Å². The summed E-state index contributed by atoms with van der Waals surface area (Å²) >= 11 is 0. The van der Waals surface area contributed by atoms with E-state index in [1.54, 1.807) is 0 Å². The minimum Gasteiger partial charge on any atom is -0.507 e. The second-order valence-corrected chi connectivity index (χ2v) is 8.06. The van der Waals surface area contributed by atoms with Gasteiger partial charge in [-0.1, -0.05) is 43.6 Å². The van der Waals surface area contributed by atoms with Crippen molar-refractivity contribution >= 4 is 5.91 Å². The van der Waals surface area contributed by atoms with Crippen LogP contribution in [0.2, 0.25) is 0 Å².